The van der Waals surface area contributed by atoms with E-state index in [1.807, 2.05) is 0 Å². The molecule has 1 aromatic heterocycles. The lowest BCUT2D eigenvalue weighted by molar-refractivity contribution is -0.457. The van der Waals surface area contributed by atoms with Gasteiger partial charge in [0.2, 0.25) is 11.0 Å². The fraction of sp³-hybridized carbons (Fsp3) is 0.125. The molecule has 7 nitrogen and oxygen atoms in total. The van der Waals surface area contributed by atoms with E-state index >= 15 is 0 Å². The van der Waals surface area contributed by atoms with Crippen molar-refractivity contribution >= 4 is 49.3 Å². The van der Waals surface area contributed by atoms with Crippen molar-refractivity contribution in [3.05, 3.63) is 27.8 Å². The molecular weight excluding hydrogens is 300 g/mol. The van der Waals surface area contributed by atoms with Crippen LogP contribution in [0.5, 0.6) is 0 Å². The van der Waals surface area contributed by atoms with Crippen LogP contribution in [0, 0.1) is 10.1 Å². The molecule has 0 spiro atoms. The number of hydrogen-bond donors (Lipinski definition) is 1. The van der Waals surface area contributed by atoms with Gasteiger partial charge in [-0.05, 0) is 0 Å². The predicted octanol–water partition coefficient (Wildman–Crippen LogP) is 1.47. The first-order valence-electron chi connectivity index (χ1n) is 4.48. The van der Waals surface area contributed by atoms with E-state index in [0.29, 0.717) is 10.2 Å². The Morgan fingerprint density at radius 3 is 2.67 bits per heavy atom. The highest BCUT2D eigenvalue weighted by molar-refractivity contribution is 7.92. The third-order valence-electron chi connectivity index (χ3n) is 2.22. The molecule has 0 fully saturated rings. The SMILES string of the molecule is CS[n+]1csc2cc([N+](=O)[O-])c(S(=O)(=O)O)cc21. The smallest absolute Gasteiger partial charge is 0.282 e. The Morgan fingerprint density at radius 2 is 2.17 bits per heavy atom. The zero-order valence-corrected chi connectivity index (χ0v) is 11.4. The number of rotatable bonds is 3. The van der Waals surface area contributed by atoms with Crippen LogP contribution in [0.3, 0.4) is 0 Å². The van der Waals surface area contributed by atoms with Crippen LogP contribution in [-0.4, -0.2) is 24.1 Å². The minimum Gasteiger partial charge on any atom is -0.282 e. The van der Waals surface area contributed by atoms with Crippen molar-refractivity contribution in [2.75, 3.05) is 6.26 Å². The molecule has 0 aliphatic carbocycles. The number of hydrogen-bond acceptors (Lipinski definition) is 6. The van der Waals surface area contributed by atoms with Crippen LogP contribution in [0.25, 0.3) is 10.2 Å². The van der Waals surface area contributed by atoms with Crippen molar-refractivity contribution in [3.8, 4) is 0 Å². The van der Waals surface area contributed by atoms with Gasteiger partial charge in [0, 0.05) is 18.4 Å². The number of benzene rings is 1. The molecule has 0 amide bonds. The molecule has 0 aliphatic heterocycles. The average molecular weight is 307 g/mol. The van der Waals surface area contributed by atoms with E-state index in [1.165, 1.54) is 23.3 Å². The van der Waals surface area contributed by atoms with Crippen molar-refractivity contribution in [1.82, 2.24) is 0 Å². The maximum absolute atomic E-state index is 11.2. The number of nitrogens with zero attached hydrogens (tertiary/aromatic N) is 2. The molecule has 0 atom stereocenters. The first kappa shape index (κ1) is 13.2. The minimum atomic E-state index is -4.63. The molecular formula is C8H7N2O5S3+. The van der Waals surface area contributed by atoms with Gasteiger partial charge in [-0.2, -0.15) is 8.42 Å². The van der Waals surface area contributed by atoms with Crippen molar-refractivity contribution < 1.29 is 21.9 Å². The number of nitro groups is 1. The zero-order valence-electron chi connectivity index (χ0n) is 8.93. The molecule has 10 heteroatoms. The van der Waals surface area contributed by atoms with E-state index in [0.717, 1.165) is 12.1 Å². The molecule has 2 rings (SSSR count). The third kappa shape index (κ3) is 2.19. The van der Waals surface area contributed by atoms with Gasteiger partial charge in [-0.1, -0.05) is 11.3 Å². The topological polar surface area (TPSA) is 101 Å². The Bertz CT molecular complexity index is 737. The summed E-state index contributed by atoms with van der Waals surface area (Å²) in [6.45, 7) is 0. The van der Waals surface area contributed by atoms with Crippen molar-refractivity contribution in [1.29, 1.82) is 0 Å². The number of fused-ring (bicyclic) bond motifs is 1. The summed E-state index contributed by atoms with van der Waals surface area (Å²) in [6, 6.07) is 2.26. The van der Waals surface area contributed by atoms with Gasteiger partial charge >= 0.3 is 10.1 Å². The summed E-state index contributed by atoms with van der Waals surface area (Å²) in [4.78, 5) is 9.29. The molecule has 1 aromatic carbocycles. The van der Waals surface area contributed by atoms with Crippen molar-refractivity contribution in [2.45, 2.75) is 4.90 Å². The van der Waals surface area contributed by atoms with E-state index < -0.39 is 25.6 Å². The lowest BCUT2D eigenvalue weighted by Crippen LogP contribution is -2.21. The number of thiazole rings is 1. The summed E-state index contributed by atoms with van der Waals surface area (Å²) in [7, 11) is -4.63. The van der Waals surface area contributed by atoms with Crippen LogP contribution in [0.1, 0.15) is 0 Å². The zero-order chi connectivity index (χ0) is 13.5. The second-order valence-corrected chi connectivity index (χ2v) is 6.29. The highest BCUT2D eigenvalue weighted by Gasteiger charge is 2.28. The molecule has 1 N–H and O–H groups in total. The van der Waals surface area contributed by atoms with Crippen molar-refractivity contribution in [3.63, 3.8) is 0 Å². The fourth-order valence-electron chi connectivity index (χ4n) is 1.46. The fourth-order valence-corrected chi connectivity index (χ4v) is 3.77. The Balaban J connectivity index is 2.88. The maximum atomic E-state index is 11.2. The van der Waals surface area contributed by atoms with Crippen molar-refractivity contribution in [2.24, 2.45) is 0 Å². The van der Waals surface area contributed by atoms with E-state index in [4.69, 9.17) is 4.55 Å². The molecule has 0 saturated carbocycles. The minimum absolute atomic E-state index is 0.505. The van der Waals surface area contributed by atoms with E-state index in [1.54, 1.807) is 15.7 Å². The first-order valence-corrected chi connectivity index (χ1v) is 7.98. The summed E-state index contributed by atoms with van der Waals surface area (Å²) >= 11 is 2.57. The van der Waals surface area contributed by atoms with Gasteiger partial charge in [-0.15, -0.1) is 3.97 Å². The predicted molar refractivity (Wildman–Crippen MR) is 67.4 cm³/mol. The van der Waals surface area contributed by atoms with Crippen LogP contribution in [0.15, 0.2) is 22.5 Å². The van der Waals surface area contributed by atoms with E-state index in [9.17, 15) is 18.5 Å². The number of nitro benzene ring substituents is 1. The molecule has 1 heterocycles. The largest absolute Gasteiger partial charge is 0.301 e. The van der Waals surface area contributed by atoms with Crippen LogP contribution in [0.4, 0.5) is 5.69 Å². The maximum Gasteiger partial charge on any atom is 0.301 e. The van der Waals surface area contributed by atoms with Gasteiger partial charge in [-0.3, -0.25) is 14.7 Å². The van der Waals surface area contributed by atoms with E-state index in [-0.39, 0.29) is 0 Å². The molecule has 2 aromatic rings. The second-order valence-electron chi connectivity index (χ2n) is 3.25. The summed E-state index contributed by atoms with van der Waals surface area (Å²) in [6.07, 6.45) is 1.78. The third-order valence-corrected chi connectivity index (χ3v) is 4.83. The molecule has 0 radical (unpaired) electrons. The summed E-state index contributed by atoms with van der Waals surface area (Å²) in [5.41, 5.74) is 1.58. The second kappa shape index (κ2) is 4.46. The van der Waals surface area contributed by atoms with Gasteiger partial charge < -0.3 is 0 Å². The van der Waals surface area contributed by atoms with Gasteiger partial charge in [0.15, 0.2) is 16.8 Å². The molecule has 0 bridgehead atoms. The molecule has 0 saturated heterocycles. The highest BCUT2D eigenvalue weighted by Crippen LogP contribution is 2.30. The standard InChI is InChI=1S/C8H6N2O5S3/c1-16-9-4-17-7-2-6(10(11)12)8(3-5(7)9)18(13,14)15/h2-4H,1H3/p+1. The Kier molecular flexibility index (Phi) is 3.27. The molecule has 96 valence electrons. The van der Waals surface area contributed by atoms with Gasteiger partial charge in [0.25, 0.3) is 5.69 Å². The molecule has 0 aliphatic rings. The molecule has 0 unspecified atom stereocenters. The Morgan fingerprint density at radius 1 is 1.50 bits per heavy atom. The van der Waals surface area contributed by atoms with Gasteiger partial charge in [0.05, 0.1) is 4.92 Å². The summed E-state index contributed by atoms with van der Waals surface area (Å²) in [5.74, 6) is 0. The monoisotopic (exact) mass is 307 g/mol. The summed E-state index contributed by atoms with van der Waals surface area (Å²) < 4.78 is 33.6. The van der Waals surface area contributed by atoms with Crippen LogP contribution in [0.2, 0.25) is 0 Å². The normalized spacial score (nSPS) is 11.9. The Hall–Kier alpha value is -1.23. The number of aromatic nitrogens is 1. The van der Waals surface area contributed by atoms with Gasteiger partial charge in [0.1, 0.15) is 4.70 Å². The van der Waals surface area contributed by atoms with Crippen LogP contribution < -0.4 is 3.97 Å². The van der Waals surface area contributed by atoms with Gasteiger partial charge in [-0.25, -0.2) is 0 Å². The lowest BCUT2D eigenvalue weighted by Gasteiger charge is -1.98. The Labute approximate surface area is 110 Å². The average Bonchev–Trinajstić information content (AvgIpc) is 2.68. The quantitative estimate of drug-likeness (QED) is 0.399. The lowest BCUT2D eigenvalue weighted by atomic mass is 10.3. The summed E-state index contributed by atoms with van der Waals surface area (Å²) in [5, 5.41) is 10.8. The van der Waals surface area contributed by atoms with E-state index in [2.05, 4.69) is 0 Å². The highest BCUT2D eigenvalue weighted by atomic mass is 32.2. The van der Waals surface area contributed by atoms with Crippen LogP contribution in [-0.2, 0) is 10.1 Å². The van der Waals surface area contributed by atoms with Crippen LogP contribution >= 0.6 is 23.3 Å². The molecule has 18 heavy (non-hydrogen) atoms. The first-order chi connectivity index (χ1) is 8.34.